The van der Waals surface area contributed by atoms with Gasteiger partial charge in [-0.15, -0.1) is 0 Å². The third-order valence-electron chi connectivity index (χ3n) is 1.66. The first-order chi connectivity index (χ1) is 6.11. The molecule has 0 aliphatic heterocycles. The second kappa shape index (κ2) is 3.93. The molecule has 0 atom stereocenters. The molecule has 0 fully saturated rings. The number of aromatic hydroxyl groups is 1. The van der Waals surface area contributed by atoms with E-state index < -0.39 is 5.82 Å². The van der Waals surface area contributed by atoms with Crippen molar-refractivity contribution in [3.8, 4) is 11.5 Å². The summed E-state index contributed by atoms with van der Waals surface area (Å²) < 4.78 is 18.3. The van der Waals surface area contributed by atoms with Gasteiger partial charge in [0.2, 0.25) is 0 Å². The van der Waals surface area contributed by atoms with Crippen molar-refractivity contribution in [2.75, 3.05) is 7.11 Å². The van der Waals surface area contributed by atoms with Gasteiger partial charge in [0.05, 0.1) is 11.6 Å². The molecule has 0 bridgehead atoms. The van der Waals surface area contributed by atoms with Crippen molar-refractivity contribution in [3.05, 3.63) is 21.9 Å². The zero-order valence-corrected chi connectivity index (χ0v) is 8.56. The van der Waals surface area contributed by atoms with E-state index in [2.05, 4.69) is 15.9 Å². The molecule has 0 radical (unpaired) electrons. The summed E-state index contributed by atoms with van der Waals surface area (Å²) in [6.45, 7) is 0.0447. The van der Waals surface area contributed by atoms with Crippen molar-refractivity contribution >= 4 is 15.9 Å². The Bertz CT molecular complexity index is 302. The molecule has 0 heterocycles. The highest BCUT2D eigenvalue weighted by Gasteiger charge is 2.15. The molecule has 72 valence electrons. The summed E-state index contributed by atoms with van der Waals surface area (Å²) in [6, 6.07) is 0.978. The predicted molar refractivity (Wildman–Crippen MR) is 50.2 cm³/mol. The van der Waals surface area contributed by atoms with Gasteiger partial charge in [-0.2, -0.15) is 0 Å². The Labute approximate surface area is 83.4 Å². The molecule has 1 aromatic carbocycles. The van der Waals surface area contributed by atoms with Crippen molar-refractivity contribution in [1.82, 2.24) is 0 Å². The third-order valence-corrected chi connectivity index (χ3v) is 2.50. The van der Waals surface area contributed by atoms with Crippen LogP contribution in [0.4, 0.5) is 4.39 Å². The molecule has 0 aromatic heterocycles. The lowest BCUT2D eigenvalue weighted by molar-refractivity contribution is 0.367. The van der Waals surface area contributed by atoms with Gasteiger partial charge in [-0.3, -0.25) is 0 Å². The highest BCUT2D eigenvalue weighted by molar-refractivity contribution is 9.10. The molecule has 0 unspecified atom stereocenters. The Hall–Kier alpha value is -0.810. The number of phenolic OH excluding ortho intramolecular Hbond substituents is 1. The molecule has 5 heteroatoms. The Morgan fingerprint density at radius 2 is 2.31 bits per heavy atom. The summed E-state index contributed by atoms with van der Waals surface area (Å²) in [7, 11) is 1.39. The van der Waals surface area contributed by atoms with E-state index in [4.69, 9.17) is 10.5 Å². The Morgan fingerprint density at radius 3 is 2.77 bits per heavy atom. The van der Waals surface area contributed by atoms with Crippen molar-refractivity contribution in [3.63, 3.8) is 0 Å². The smallest absolute Gasteiger partial charge is 0.175 e. The van der Waals surface area contributed by atoms with Crippen molar-refractivity contribution in [2.24, 2.45) is 5.73 Å². The standard InChI is InChI=1S/C8H9BrFNO2/c1-13-8-6(12)2-5(10)4(3-11)7(8)9/h2,12H,3,11H2,1H3. The lowest BCUT2D eigenvalue weighted by atomic mass is 10.2. The van der Waals surface area contributed by atoms with Crippen LogP contribution < -0.4 is 10.5 Å². The molecule has 0 amide bonds. The van der Waals surface area contributed by atoms with Gasteiger partial charge in [0, 0.05) is 18.2 Å². The molecule has 0 spiro atoms. The Morgan fingerprint density at radius 1 is 1.69 bits per heavy atom. The molecular weight excluding hydrogens is 241 g/mol. The maximum absolute atomic E-state index is 13.1. The quantitative estimate of drug-likeness (QED) is 0.840. The van der Waals surface area contributed by atoms with Crippen LogP contribution in [0.2, 0.25) is 0 Å². The minimum Gasteiger partial charge on any atom is -0.504 e. The van der Waals surface area contributed by atoms with E-state index in [0.717, 1.165) is 6.07 Å². The molecule has 1 aromatic rings. The summed E-state index contributed by atoms with van der Waals surface area (Å²) in [5.41, 5.74) is 5.60. The van der Waals surface area contributed by atoms with E-state index in [1.807, 2.05) is 0 Å². The fraction of sp³-hybridized carbons (Fsp3) is 0.250. The summed E-state index contributed by atoms with van der Waals surface area (Å²) in [6.07, 6.45) is 0. The number of halogens is 2. The van der Waals surface area contributed by atoms with Crippen LogP contribution in [0.5, 0.6) is 11.5 Å². The average molecular weight is 250 g/mol. The van der Waals surface area contributed by atoms with E-state index in [0.29, 0.717) is 4.47 Å². The Kier molecular flexibility index (Phi) is 3.11. The second-order valence-corrected chi connectivity index (χ2v) is 3.20. The van der Waals surface area contributed by atoms with Crippen molar-refractivity contribution < 1.29 is 14.2 Å². The topological polar surface area (TPSA) is 55.5 Å². The lowest BCUT2D eigenvalue weighted by Crippen LogP contribution is -2.02. The molecular formula is C8H9BrFNO2. The van der Waals surface area contributed by atoms with Gasteiger partial charge in [-0.05, 0) is 15.9 Å². The summed E-state index contributed by atoms with van der Waals surface area (Å²) >= 11 is 3.10. The number of hydrogen-bond acceptors (Lipinski definition) is 3. The number of nitrogens with two attached hydrogens (primary N) is 1. The lowest BCUT2D eigenvalue weighted by Gasteiger charge is -2.10. The van der Waals surface area contributed by atoms with Crippen molar-refractivity contribution in [1.29, 1.82) is 0 Å². The fourth-order valence-corrected chi connectivity index (χ4v) is 1.72. The van der Waals surface area contributed by atoms with Crippen LogP contribution in [0.1, 0.15) is 5.56 Å². The third kappa shape index (κ3) is 1.76. The molecule has 1 rings (SSSR count). The normalized spacial score (nSPS) is 10.2. The molecule has 13 heavy (non-hydrogen) atoms. The van der Waals surface area contributed by atoms with Crippen molar-refractivity contribution in [2.45, 2.75) is 6.54 Å². The Balaban J connectivity index is 3.39. The molecule has 0 aliphatic rings. The molecule has 0 saturated carbocycles. The predicted octanol–water partition coefficient (Wildman–Crippen LogP) is 1.76. The monoisotopic (exact) mass is 249 g/mol. The zero-order chi connectivity index (χ0) is 10.0. The first-order valence-electron chi connectivity index (χ1n) is 3.55. The number of rotatable bonds is 2. The van der Waals surface area contributed by atoms with Gasteiger partial charge >= 0.3 is 0 Å². The van der Waals surface area contributed by atoms with Gasteiger partial charge in [-0.1, -0.05) is 0 Å². The zero-order valence-electron chi connectivity index (χ0n) is 6.97. The first kappa shape index (κ1) is 10.3. The second-order valence-electron chi connectivity index (χ2n) is 2.41. The maximum Gasteiger partial charge on any atom is 0.175 e. The van der Waals surface area contributed by atoms with Crippen LogP contribution in [-0.2, 0) is 6.54 Å². The summed E-state index contributed by atoms with van der Waals surface area (Å²) in [5, 5.41) is 9.26. The number of benzene rings is 1. The van der Waals surface area contributed by atoms with Gasteiger partial charge < -0.3 is 15.6 Å². The van der Waals surface area contributed by atoms with Crippen LogP contribution in [0.25, 0.3) is 0 Å². The minimum absolute atomic E-state index is 0.0447. The van der Waals surface area contributed by atoms with Crippen LogP contribution in [0.15, 0.2) is 10.5 Å². The largest absolute Gasteiger partial charge is 0.504 e. The van der Waals surface area contributed by atoms with Crippen LogP contribution in [-0.4, -0.2) is 12.2 Å². The first-order valence-corrected chi connectivity index (χ1v) is 4.35. The van der Waals surface area contributed by atoms with E-state index >= 15 is 0 Å². The summed E-state index contributed by atoms with van der Waals surface area (Å²) in [5.74, 6) is -0.599. The fourth-order valence-electron chi connectivity index (χ4n) is 1.01. The van der Waals surface area contributed by atoms with E-state index in [1.54, 1.807) is 0 Å². The van der Waals surface area contributed by atoms with Gasteiger partial charge in [-0.25, -0.2) is 4.39 Å². The highest BCUT2D eigenvalue weighted by atomic mass is 79.9. The van der Waals surface area contributed by atoms with Gasteiger partial charge in [0.15, 0.2) is 11.5 Å². The number of methoxy groups -OCH3 is 1. The number of hydrogen-bond donors (Lipinski definition) is 2. The maximum atomic E-state index is 13.1. The minimum atomic E-state index is -0.548. The van der Waals surface area contributed by atoms with Crippen LogP contribution in [0.3, 0.4) is 0 Å². The molecule has 0 aliphatic carbocycles. The molecule has 3 nitrogen and oxygen atoms in total. The van der Waals surface area contributed by atoms with E-state index in [-0.39, 0.29) is 23.6 Å². The van der Waals surface area contributed by atoms with Crippen LogP contribution >= 0.6 is 15.9 Å². The molecule has 0 saturated heterocycles. The SMILES string of the molecule is COc1c(O)cc(F)c(CN)c1Br. The van der Waals surface area contributed by atoms with Crippen LogP contribution in [0, 0.1) is 5.82 Å². The summed E-state index contributed by atoms with van der Waals surface area (Å²) in [4.78, 5) is 0. The highest BCUT2D eigenvalue weighted by Crippen LogP contribution is 2.38. The van der Waals surface area contributed by atoms with Gasteiger partial charge in [0.25, 0.3) is 0 Å². The van der Waals surface area contributed by atoms with E-state index in [9.17, 15) is 9.50 Å². The molecule has 3 N–H and O–H groups in total. The number of phenols is 1. The van der Waals surface area contributed by atoms with Gasteiger partial charge in [0.1, 0.15) is 5.82 Å². The number of ether oxygens (including phenoxy) is 1. The van der Waals surface area contributed by atoms with E-state index in [1.165, 1.54) is 7.11 Å². The average Bonchev–Trinajstić information content (AvgIpc) is 2.04.